The van der Waals surface area contributed by atoms with E-state index in [2.05, 4.69) is 19.8 Å². The van der Waals surface area contributed by atoms with Gasteiger partial charge in [0.25, 0.3) is 0 Å². The van der Waals surface area contributed by atoms with Gasteiger partial charge in [0.05, 0.1) is 38.8 Å². The van der Waals surface area contributed by atoms with Crippen molar-refractivity contribution >= 4 is 56.6 Å². The predicted molar refractivity (Wildman–Crippen MR) is 262 cm³/mol. The van der Waals surface area contributed by atoms with Crippen LogP contribution in [-0.2, 0) is 0 Å². The average Bonchev–Trinajstić information content (AvgIpc) is 3.97. The molecule has 15 nitrogen and oxygen atoms in total. The van der Waals surface area contributed by atoms with E-state index in [4.69, 9.17) is 39.2 Å². The Bertz CT molecular complexity index is 2290. The molecular weight excluding hydrogens is 825 g/mol. The number of methoxy groups -OCH3 is 2. The maximum atomic E-state index is 6.32. The summed E-state index contributed by atoms with van der Waals surface area (Å²) in [7, 11) is 6.58. The number of aliphatic imine (C=N–C) groups is 2. The van der Waals surface area contributed by atoms with Crippen LogP contribution < -0.4 is 40.2 Å². The minimum Gasteiger partial charge on any atom is -0.495 e. The molecule has 2 aliphatic rings. The summed E-state index contributed by atoms with van der Waals surface area (Å²) in [5.41, 5.74) is 14.1. The predicted octanol–water partition coefficient (Wildman–Crippen LogP) is 8.73. The molecule has 0 atom stereocenters. The SMILES string of the molecule is CN=C(N)N(c1cc(OCCCN2CCCCC2)ccc1OC)c1occ2ccccc12.CN=C(N)N(c1cc(OCCCN2CCCCC2)ccc1OC)c1occ2ccccc12.O. The lowest BCUT2D eigenvalue weighted by Gasteiger charge is -2.26. The first-order valence-corrected chi connectivity index (χ1v) is 22.5. The van der Waals surface area contributed by atoms with Gasteiger partial charge in [0, 0.05) is 60.9 Å². The fraction of sp³-hybridized carbons (Fsp3) is 0.400. The third kappa shape index (κ3) is 12.0. The van der Waals surface area contributed by atoms with Crippen molar-refractivity contribution < 1.29 is 33.3 Å². The Morgan fingerprint density at radius 2 is 0.985 bits per heavy atom. The highest BCUT2D eigenvalue weighted by Crippen LogP contribution is 2.42. The molecule has 0 spiro atoms. The molecule has 2 aliphatic heterocycles. The number of likely N-dealkylation sites (tertiary alicyclic amines) is 2. The van der Waals surface area contributed by atoms with Gasteiger partial charge in [-0.05, 0) is 101 Å². The lowest BCUT2D eigenvalue weighted by molar-refractivity contribution is 0.205. The van der Waals surface area contributed by atoms with Crippen LogP contribution in [0.15, 0.2) is 116 Å². The Kier molecular flexibility index (Phi) is 17.8. The Balaban J connectivity index is 0.000000212. The van der Waals surface area contributed by atoms with Gasteiger partial charge in [0.2, 0.25) is 23.7 Å². The van der Waals surface area contributed by atoms with Crippen molar-refractivity contribution in [1.29, 1.82) is 0 Å². The minimum absolute atomic E-state index is 0. The molecule has 0 radical (unpaired) electrons. The highest BCUT2D eigenvalue weighted by molar-refractivity contribution is 6.09. The fourth-order valence-electron chi connectivity index (χ4n) is 8.37. The number of guanidine groups is 2. The molecule has 4 aromatic carbocycles. The smallest absolute Gasteiger partial charge is 0.214 e. The zero-order valence-electron chi connectivity index (χ0n) is 38.3. The Morgan fingerprint density at radius 3 is 1.37 bits per heavy atom. The van der Waals surface area contributed by atoms with Gasteiger partial charge in [-0.15, -0.1) is 0 Å². The highest BCUT2D eigenvalue weighted by atomic mass is 16.5. The van der Waals surface area contributed by atoms with Crippen LogP contribution in [0.1, 0.15) is 51.4 Å². The van der Waals surface area contributed by atoms with E-state index in [1.807, 2.05) is 84.9 Å². The van der Waals surface area contributed by atoms with Gasteiger partial charge in [0.15, 0.2) is 0 Å². The first-order chi connectivity index (χ1) is 31.4. The number of fused-ring (bicyclic) bond motifs is 2. The van der Waals surface area contributed by atoms with E-state index in [1.54, 1.807) is 50.6 Å². The lowest BCUT2D eigenvalue weighted by Crippen LogP contribution is -2.33. The molecule has 6 N–H and O–H groups in total. The second-order valence-electron chi connectivity index (χ2n) is 16.0. The summed E-state index contributed by atoms with van der Waals surface area (Å²) in [5.74, 6) is 4.58. The van der Waals surface area contributed by atoms with Crippen molar-refractivity contribution in [2.45, 2.75) is 51.4 Å². The van der Waals surface area contributed by atoms with Crippen LogP contribution in [0.5, 0.6) is 23.0 Å². The molecule has 4 heterocycles. The zero-order chi connectivity index (χ0) is 44.7. The third-order valence-electron chi connectivity index (χ3n) is 11.8. The standard InChI is InChI=1S/2C25H32N4O3.H2O/c2*1-27-25(26)29(24-21-10-5-4-9-19(21)18-32-24)22-17-20(11-12-23(22)30-2)31-16-8-15-28-13-6-3-7-14-28;/h2*4-5,9-12,17-18H,3,6-8,13-16H2,1-2H3,(H2,26,27);1H2. The van der Waals surface area contributed by atoms with Crippen LogP contribution in [-0.4, -0.2) is 108 Å². The third-order valence-corrected chi connectivity index (χ3v) is 11.8. The summed E-state index contributed by atoms with van der Waals surface area (Å²) in [6, 6.07) is 27.3. The Morgan fingerprint density at radius 1 is 0.585 bits per heavy atom. The van der Waals surface area contributed by atoms with E-state index in [-0.39, 0.29) is 5.48 Å². The van der Waals surface area contributed by atoms with Gasteiger partial charge in [-0.2, -0.15) is 0 Å². The number of benzene rings is 4. The normalized spacial score (nSPS) is 14.9. The van der Waals surface area contributed by atoms with E-state index in [9.17, 15) is 0 Å². The molecule has 0 aliphatic carbocycles. The van der Waals surface area contributed by atoms with Crippen molar-refractivity contribution in [2.24, 2.45) is 21.5 Å². The van der Waals surface area contributed by atoms with E-state index in [0.29, 0.717) is 59.8 Å². The van der Waals surface area contributed by atoms with Gasteiger partial charge in [-0.25, -0.2) is 9.80 Å². The number of hydrogen-bond acceptors (Lipinski definition) is 10. The summed E-state index contributed by atoms with van der Waals surface area (Å²) in [6.07, 6.45) is 13.4. The number of furan rings is 2. The second kappa shape index (κ2) is 24.0. The quantitative estimate of drug-likeness (QED) is 0.0536. The Labute approximate surface area is 382 Å². The van der Waals surface area contributed by atoms with E-state index >= 15 is 0 Å². The minimum atomic E-state index is 0. The summed E-state index contributed by atoms with van der Waals surface area (Å²) in [6.45, 7) is 8.27. The van der Waals surface area contributed by atoms with E-state index < -0.39 is 0 Å². The first-order valence-electron chi connectivity index (χ1n) is 22.5. The molecule has 6 aromatic rings. The number of anilines is 4. The lowest BCUT2D eigenvalue weighted by atomic mass is 10.1. The van der Waals surface area contributed by atoms with Crippen LogP contribution in [0.3, 0.4) is 0 Å². The summed E-state index contributed by atoms with van der Waals surface area (Å²) >= 11 is 0. The van der Waals surface area contributed by atoms with Crippen molar-refractivity contribution in [3.63, 3.8) is 0 Å². The van der Waals surface area contributed by atoms with E-state index in [1.165, 1.54) is 64.7 Å². The van der Waals surface area contributed by atoms with Crippen LogP contribution in [0.2, 0.25) is 0 Å². The second-order valence-corrected chi connectivity index (χ2v) is 16.0. The largest absolute Gasteiger partial charge is 0.495 e. The summed E-state index contributed by atoms with van der Waals surface area (Å²) in [4.78, 5) is 17.0. The molecule has 8 rings (SSSR count). The average molecular weight is 891 g/mol. The molecule has 2 fully saturated rings. The molecule has 15 heteroatoms. The molecule has 0 bridgehead atoms. The molecule has 0 unspecified atom stereocenters. The number of piperidine rings is 2. The highest BCUT2D eigenvalue weighted by Gasteiger charge is 2.25. The molecular formula is C50H66N8O7. The van der Waals surface area contributed by atoms with Crippen LogP contribution in [0.25, 0.3) is 21.5 Å². The number of rotatable bonds is 16. The molecule has 348 valence electrons. The molecule has 2 aromatic heterocycles. The first kappa shape index (κ1) is 48.0. The maximum absolute atomic E-state index is 6.32. The van der Waals surface area contributed by atoms with Crippen LogP contribution >= 0.6 is 0 Å². The number of nitrogens with zero attached hydrogens (tertiary/aromatic N) is 6. The van der Waals surface area contributed by atoms with Crippen LogP contribution in [0.4, 0.5) is 23.1 Å². The molecule has 0 amide bonds. The van der Waals surface area contributed by atoms with Crippen molar-refractivity contribution in [1.82, 2.24) is 9.80 Å². The molecule has 2 saturated heterocycles. The molecule has 0 saturated carbocycles. The topological polar surface area (TPSA) is 184 Å². The van der Waals surface area contributed by atoms with Crippen molar-refractivity contribution in [3.05, 3.63) is 97.5 Å². The van der Waals surface area contributed by atoms with Crippen LogP contribution in [0, 0.1) is 0 Å². The maximum Gasteiger partial charge on any atom is 0.214 e. The zero-order valence-corrected chi connectivity index (χ0v) is 38.3. The van der Waals surface area contributed by atoms with Gasteiger partial charge < -0.3 is 54.5 Å². The summed E-state index contributed by atoms with van der Waals surface area (Å²) in [5, 5.41) is 3.85. The number of hydrogen-bond donors (Lipinski definition) is 2. The van der Waals surface area contributed by atoms with Gasteiger partial charge in [-0.3, -0.25) is 9.98 Å². The van der Waals surface area contributed by atoms with Crippen molar-refractivity contribution in [2.75, 3.05) is 90.6 Å². The van der Waals surface area contributed by atoms with Gasteiger partial charge in [-0.1, -0.05) is 49.2 Å². The van der Waals surface area contributed by atoms with Crippen molar-refractivity contribution in [3.8, 4) is 23.0 Å². The summed E-state index contributed by atoms with van der Waals surface area (Å²) < 4.78 is 35.3. The van der Waals surface area contributed by atoms with E-state index in [0.717, 1.165) is 59.0 Å². The van der Waals surface area contributed by atoms with Gasteiger partial charge in [0.1, 0.15) is 35.5 Å². The Hall–Kier alpha value is -6.42. The number of ether oxygens (including phenoxy) is 4. The monoisotopic (exact) mass is 891 g/mol. The van der Waals surface area contributed by atoms with Gasteiger partial charge >= 0.3 is 0 Å². The fourth-order valence-corrected chi connectivity index (χ4v) is 8.37. The molecule has 65 heavy (non-hydrogen) atoms. The number of nitrogens with two attached hydrogens (primary N) is 2.